The van der Waals surface area contributed by atoms with Crippen LogP contribution in [0, 0.1) is 0 Å². The molecule has 0 aromatic heterocycles. The van der Waals surface area contributed by atoms with Crippen molar-refractivity contribution in [1.29, 1.82) is 0 Å². The highest BCUT2D eigenvalue weighted by Crippen LogP contribution is 2.34. The van der Waals surface area contributed by atoms with Gasteiger partial charge in [0, 0.05) is 5.33 Å². The van der Waals surface area contributed by atoms with Crippen molar-refractivity contribution in [3.05, 3.63) is 10.6 Å². The first kappa shape index (κ1) is 17.5. The molecule has 16 heavy (non-hydrogen) atoms. The molecule has 0 bridgehead atoms. The fourth-order valence-electron chi connectivity index (χ4n) is 1.03. The predicted molar refractivity (Wildman–Crippen MR) is 80.6 cm³/mol. The highest BCUT2D eigenvalue weighted by Gasteiger charge is 2.38. The van der Waals surface area contributed by atoms with Gasteiger partial charge in [-0.15, -0.1) is 34.8 Å². The van der Waals surface area contributed by atoms with Crippen LogP contribution in [0.5, 0.6) is 0 Å². The highest BCUT2D eigenvalue weighted by molar-refractivity contribution is 9.11. The van der Waals surface area contributed by atoms with Gasteiger partial charge in [-0.3, -0.25) is 0 Å². The quantitative estimate of drug-likeness (QED) is 0.625. The van der Waals surface area contributed by atoms with E-state index in [1.165, 1.54) is 0 Å². The predicted octanol–water partition coefficient (Wildman–Crippen LogP) is 4.64. The molecule has 4 atom stereocenters. The molecule has 1 N–H and O–H groups in total. The number of aliphatic hydroxyl groups is 1. The first-order valence-electron chi connectivity index (χ1n) is 4.75. The zero-order valence-electron chi connectivity index (χ0n) is 9.06. The number of rotatable bonds is 6. The van der Waals surface area contributed by atoms with Gasteiger partial charge in [-0.25, -0.2) is 0 Å². The number of hydrogen-bond donors (Lipinski definition) is 1. The molecule has 0 unspecified atom stereocenters. The van der Waals surface area contributed by atoms with Crippen LogP contribution >= 0.6 is 66.7 Å². The SMILES string of the molecule is C/C(=C/Br)[C@H](Cl)C[C@@H](Cl)[C@@](C)(Cl)[C@H](O)CBr. The summed E-state index contributed by atoms with van der Waals surface area (Å²) in [5, 5.41) is 9.52. The second-order valence-corrected chi connectivity index (χ2v) is 6.82. The van der Waals surface area contributed by atoms with Gasteiger partial charge in [0.2, 0.25) is 0 Å². The van der Waals surface area contributed by atoms with E-state index in [1.807, 2.05) is 6.92 Å². The Balaban J connectivity index is 4.51. The Morgan fingerprint density at radius 3 is 2.38 bits per heavy atom. The molecule has 0 saturated carbocycles. The lowest BCUT2D eigenvalue weighted by molar-refractivity contribution is 0.152. The highest BCUT2D eigenvalue weighted by atomic mass is 79.9. The summed E-state index contributed by atoms with van der Waals surface area (Å²) in [6.07, 6.45) is -0.213. The number of hydrogen-bond acceptors (Lipinski definition) is 1. The summed E-state index contributed by atoms with van der Waals surface area (Å²) >= 11 is 25.0. The largest absolute Gasteiger partial charge is 0.390 e. The Hall–Kier alpha value is 1.53. The molecule has 0 fully saturated rings. The minimum atomic E-state index is -0.898. The van der Waals surface area contributed by atoms with Crippen LogP contribution in [-0.4, -0.2) is 32.2 Å². The Bertz CT molecular complexity index is 246. The van der Waals surface area contributed by atoms with Crippen LogP contribution in [0.4, 0.5) is 0 Å². The van der Waals surface area contributed by atoms with Crippen LogP contribution in [0.15, 0.2) is 10.6 Å². The molecule has 0 aromatic carbocycles. The van der Waals surface area contributed by atoms with Crippen molar-refractivity contribution in [1.82, 2.24) is 0 Å². The van der Waals surface area contributed by atoms with Crippen molar-refractivity contribution in [2.75, 3.05) is 5.33 Å². The third-order valence-corrected chi connectivity index (χ3v) is 5.61. The molecular formula is C10H15Br2Cl3O. The maximum atomic E-state index is 9.73. The van der Waals surface area contributed by atoms with Crippen LogP contribution < -0.4 is 0 Å². The molecule has 0 aliphatic carbocycles. The van der Waals surface area contributed by atoms with Crippen molar-refractivity contribution in [2.45, 2.75) is 42.0 Å². The lowest BCUT2D eigenvalue weighted by atomic mass is 9.96. The smallest absolute Gasteiger partial charge is 0.0848 e. The fraction of sp³-hybridized carbons (Fsp3) is 0.800. The first-order valence-corrected chi connectivity index (χ1v) is 8.04. The standard InChI is InChI=1S/C10H15Br2Cl3O/c1-6(4-11)7(13)3-8(14)10(2,15)9(16)5-12/h4,7-9,16H,3,5H2,1-2H3/b6-4-/t7-,8-,9-,10-/m1/s1. The summed E-state index contributed by atoms with van der Waals surface area (Å²) in [6, 6.07) is 0. The number of allylic oxidation sites excluding steroid dienone is 1. The van der Waals surface area contributed by atoms with Gasteiger partial charge in [0.25, 0.3) is 0 Å². The topological polar surface area (TPSA) is 20.2 Å². The monoisotopic (exact) mass is 414 g/mol. The summed E-state index contributed by atoms with van der Waals surface area (Å²) in [5.74, 6) is 0. The molecule has 0 aliphatic rings. The molecule has 0 rings (SSSR count). The van der Waals surface area contributed by atoms with E-state index in [0.717, 1.165) is 5.57 Å². The first-order chi connectivity index (χ1) is 7.27. The van der Waals surface area contributed by atoms with Gasteiger partial charge in [0.15, 0.2) is 0 Å². The Morgan fingerprint density at radius 1 is 1.50 bits per heavy atom. The molecule has 0 aliphatic heterocycles. The van der Waals surface area contributed by atoms with Gasteiger partial charge in [-0.1, -0.05) is 31.9 Å². The summed E-state index contributed by atoms with van der Waals surface area (Å²) in [7, 11) is 0. The molecule has 0 heterocycles. The van der Waals surface area contributed by atoms with Gasteiger partial charge < -0.3 is 5.11 Å². The van der Waals surface area contributed by atoms with Gasteiger partial charge in [0.1, 0.15) is 0 Å². The second-order valence-electron chi connectivity index (χ2n) is 3.85. The average molecular weight is 417 g/mol. The van der Waals surface area contributed by atoms with Crippen molar-refractivity contribution < 1.29 is 5.11 Å². The van der Waals surface area contributed by atoms with E-state index < -0.39 is 16.4 Å². The normalized spacial score (nSPS) is 22.4. The Labute approximate surface area is 129 Å². The molecule has 0 saturated heterocycles. The van der Waals surface area contributed by atoms with Gasteiger partial charge in [-0.05, 0) is 30.8 Å². The fourth-order valence-corrected chi connectivity index (χ4v) is 3.18. The molecule has 6 heteroatoms. The van der Waals surface area contributed by atoms with Crippen molar-refractivity contribution in [3.63, 3.8) is 0 Å². The van der Waals surface area contributed by atoms with Crippen LogP contribution in [0.1, 0.15) is 20.3 Å². The van der Waals surface area contributed by atoms with E-state index in [-0.39, 0.29) is 5.38 Å². The van der Waals surface area contributed by atoms with Gasteiger partial charge in [0.05, 0.1) is 21.7 Å². The lowest BCUT2D eigenvalue weighted by Crippen LogP contribution is -2.44. The zero-order valence-corrected chi connectivity index (χ0v) is 14.5. The van der Waals surface area contributed by atoms with Crippen molar-refractivity contribution in [2.24, 2.45) is 0 Å². The lowest BCUT2D eigenvalue weighted by Gasteiger charge is -2.32. The van der Waals surface area contributed by atoms with E-state index in [0.29, 0.717) is 11.8 Å². The molecule has 0 aromatic rings. The molecule has 0 amide bonds. The molecule has 0 radical (unpaired) electrons. The van der Waals surface area contributed by atoms with Gasteiger partial charge >= 0.3 is 0 Å². The van der Waals surface area contributed by atoms with E-state index in [1.54, 1.807) is 11.9 Å². The molecular weight excluding hydrogens is 402 g/mol. The van der Waals surface area contributed by atoms with Crippen molar-refractivity contribution in [3.8, 4) is 0 Å². The Kier molecular flexibility index (Phi) is 8.61. The van der Waals surface area contributed by atoms with Crippen LogP contribution in [0.25, 0.3) is 0 Å². The van der Waals surface area contributed by atoms with E-state index in [4.69, 9.17) is 34.8 Å². The van der Waals surface area contributed by atoms with Crippen molar-refractivity contribution >= 4 is 66.7 Å². The maximum absolute atomic E-state index is 9.73. The summed E-state index contributed by atoms with van der Waals surface area (Å²) in [5.41, 5.74) is 0.980. The zero-order chi connectivity index (χ0) is 12.9. The Morgan fingerprint density at radius 2 is 2.00 bits per heavy atom. The minimum absolute atomic E-state index is 0.192. The number of alkyl halides is 4. The molecule has 0 spiro atoms. The average Bonchev–Trinajstić information content (AvgIpc) is 2.26. The van der Waals surface area contributed by atoms with E-state index in [9.17, 15) is 5.11 Å². The third kappa shape index (κ3) is 5.03. The summed E-state index contributed by atoms with van der Waals surface area (Å²) in [6.45, 7) is 3.62. The van der Waals surface area contributed by atoms with Crippen LogP contribution in [0.3, 0.4) is 0 Å². The maximum Gasteiger partial charge on any atom is 0.0848 e. The number of halogens is 5. The van der Waals surface area contributed by atoms with E-state index >= 15 is 0 Å². The minimum Gasteiger partial charge on any atom is -0.390 e. The number of aliphatic hydroxyl groups excluding tert-OH is 1. The van der Waals surface area contributed by atoms with Crippen LogP contribution in [-0.2, 0) is 0 Å². The summed E-state index contributed by atoms with van der Waals surface area (Å²) in [4.78, 5) is 0.867. The van der Waals surface area contributed by atoms with E-state index in [2.05, 4.69) is 31.9 Å². The van der Waals surface area contributed by atoms with Gasteiger partial charge in [-0.2, -0.15) is 0 Å². The van der Waals surface area contributed by atoms with Crippen LogP contribution in [0.2, 0.25) is 0 Å². The molecule has 1 nitrogen and oxygen atoms in total. The molecule has 96 valence electrons. The third-order valence-electron chi connectivity index (χ3n) is 2.49. The summed E-state index contributed by atoms with van der Waals surface area (Å²) < 4.78 is 0. The second kappa shape index (κ2) is 7.85.